The van der Waals surface area contributed by atoms with Crippen molar-refractivity contribution in [2.45, 2.75) is 13.3 Å². The molecule has 11 heavy (non-hydrogen) atoms. The van der Waals surface area contributed by atoms with Crippen LogP contribution in [0.5, 0.6) is 0 Å². The smallest absolute Gasteiger partial charge is 0.0638 e. The summed E-state index contributed by atoms with van der Waals surface area (Å²) >= 11 is 0. The Labute approximate surface area is 65.8 Å². The van der Waals surface area contributed by atoms with Crippen molar-refractivity contribution in [3.63, 3.8) is 0 Å². The second-order valence-corrected chi connectivity index (χ2v) is 3.19. The summed E-state index contributed by atoms with van der Waals surface area (Å²) in [6.07, 6.45) is 7.62. The molecule has 1 aliphatic carbocycles. The Morgan fingerprint density at radius 3 is 3.27 bits per heavy atom. The molecule has 1 aromatic heterocycles. The standard InChI is InChI=1S/C9H12N2/c1-7-3-4-8-6-10-11(2)9(8)5-7/h4-7H,3H2,1-2H3. The number of hydrogen-bond acceptors (Lipinski definition) is 1. The fraction of sp³-hybridized carbons (Fsp3) is 0.444. The quantitative estimate of drug-likeness (QED) is 0.507. The van der Waals surface area contributed by atoms with Gasteiger partial charge < -0.3 is 0 Å². The van der Waals surface area contributed by atoms with Gasteiger partial charge in [-0.1, -0.05) is 19.1 Å². The lowest BCUT2D eigenvalue weighted by Gasteiger charge is -2.04. The van der Waals surface area contributed by atoms with Gasteiger partial charge in [-0.2, -0.15) is 5.10 Å². The lowest BCUT2D eigenvalue weighted by atomic mass is 10.0. The lowest BCUT2D eigenvalue weighted by Crippen LogP contribution is -2.31. The number of aryl methyl sites for hydroxylation is 1. The molecule has 0 amide bonds. The predicted molar refractivity (Wildman–Crippen MR) is 45.2 cm³/mol. The average molecular weight is 148 g/mol. The van der Waals surface area contributed by atoms with Crippen molar-refractivity contribution in [1.82, 2.24) is 9.78 Å². The van der Waals surface area contributed by atoms with Crippen LogP contribution in [0.25, 0.3) is 12.2 Å². The van der Waals surface area contributed by atoms with E-state index < -0.39 is 0 Å². The summed E-state index contributed by atoms with van der Waals surface area (Å²) in [5.74, 6) is 0.665. The van der Waals surface area contributed by atoms with Crippen LogP contribution in [0.15, 0.2) is 6.20 Å². The highest BCUT2D eigenvalue weighted by Crippen LogP contribution is 2.05. The van der Waals surface area contributed by atoms with Crippen molar-refractivity contribution in [2.24, 2.45) is 13.0 Å². The van der Waals surface area contributed by atoms with Gasteiger partial charge in [-0.15, -0.1) is 0 Å². The first-order valence-electron chi connectivity index (χ1n) is 3.97. The molecular formula is C9H12N2. The Kier molecular flexibility index (Phi) is 1.34. The maximum absolute atomic E-state index is 4.19. The summed E-state index contributed by atoms with van der Waals surface area (Å²) in [5.41, 5.74) is 0. The van der Waals surface area contributed by atoms with Crippen molar-refractivity contribution in [3.05, 3.63) is 16.8 Å². The van der Waals surface area contributed by atoms with E-state index in [1.54, 1.807) is 0 Å². The Bertz CT molecular complexity index is 373. The maximum atomic E-state index is 4.19. The van der Waals surface area contributed by atoms with Crippen molar-refractivity contribution < 1.29 is 0 Å². The van der Waals surface area contributed by atoms with Crippen LogP contribution in [0.3, 0.4) is 0 Å². The van der Waals surface area contributed by atoms with E-state index in [4.69, 9.17) is 0 Å². The molecule has 0 radical (unpaired) electrons. The molecule has 1 unspecified atom stereocenters. The van der Waals surface area contributed by atoms with E-state index in [2.05, 4.69) is 24.2 Å². The van der Waals surface area contributed by atoms with Crippen molar-refractivity contribution in [3.8, 4) is 0 Å². The summed E-state index contributed by atoms with van der Waals surface area (Å²) < 4.78 is 1.93. The molecule has 1 atom stereocenters. The second-order valence-electron chi connectivity index (χ2n) is 3.19. The summed E-state index contributed by atoms with van der Waals surface area (Å²) in [4.78, 5) is 0. The highest BCUT2D eigenvalue weighted by molar-refractivity contribution is 5.37. The minimum absolute atomic E-state index is 0.665. The molecule has 1 aromatic rings. The first-order valence-corrected chi connectivity index (χ1v) is 3.97. The SMILES string of the molecule is CC1C=c2c(cnn2C)=CC1. The molecule has 0 N–H and O–H groups in total. The molecule has 1 heterocycles. The van der Waals surface area contributed by atoms with Crippen LogP contribution >= 0.6 is 0 Å². The monoisotopic (exact) mass is 148 g/mol. The van der Waals surface area contributed by atoms with E-state index >= 15 is 0 Å². The zero-order valence-electron chi connectivity index (χ0n) is 6.91. The van der Waals surface area contributed by atoms with E-state index in [1.165, 1.54) is 10.6 Å². The van der Waals surface area contributed by atoms with Crippen molar-refractivity contribution >= 4 is 12.2 Å². The van der Waals surface area contributed by atoms with Crippen LogP contribution in [0.1, 0.15) is 13.3 Å². The van der Waals surface area contributed by atoms with E-state index in [1.807, 2.05) is 17.9 Å². The van der Waals surface area contributed by atoms with Gasteiger partial charge in [-0.3, -0.25) is 4.68 Å². The highest BCUT2D eigenvalue weighted by Gasteiger charge is 2.03. The molecule has 0 spiro atoms. The fourth-order valence-corrected chi connectivity index (χ4v) is 1.48. The largest absolute Gasteiger partial charge is 0.268 e. The average Bonchev–Trinajstić information content (AvgIpc) is 2.33. The van der Waals surface area contributed by atoms with Crippen LogP contribution in [0.2, 0.25) is 0 Å². The third kappa shape index (κ3) is 0.985. The maximum Gasteiger partial charge on any atom is 0.0638 e. The topological polar surface area (TPSA) is 17.8 Å². The minimum atomic E-state index is 0.665. The molecule has 0 saturated heterocycles. The van der Waals surface area contributed by atoms with Gasteiger partial charge in [-0.25, -0.2) is 0 Å². The summed E-state index contributed by atoms with van der Waals surface area (Å²) in [7, 11) is 1.99. The van der Waals surface area contributed by atoms with Crippen LogP contribution < -0.4 is 10.6 Å². The predicted octanol–water partition coefficient (Wildman–Crippen LogP) is 0.0209. The number of fused-ring (bicyclic) bond motifs is 1. The first-order chi connectivity index (χ1) is 5.27. The normalized spacial score (nSPS) is 21.8. The molecule has 0 bridgehead atoms. The Morgan fingerprint density at radius 1 is 1.64 bits per heavy atom. The van der Waals surface area contributed by atoms with Gasteiger partial charge >= 0.3 is 0 Å². The van der Waals surface area contributed by atoms with Gasteiger partial charge in [0.2, 0.25) is 0 Å². The van der Waals surface area contributed by atoms with Gasteiger partial charge in [0.05, 0.1) is 11.5 Å². The highest BCUT2D eigenvalue weighted by atomic mass is 15.2. The summed E-state index contributed by atoms with van der Waals surface area (Å²) in [6, 6.07) is 0. The number of rotatable bonds is 0. The van der Waals surface area contributed by atoms with E-state index in [0.717, 1.165) is 6.42 Å². The number of hydrogen-bond donors (Lipinski definition) is 0. The Morgan fingerprint density at radius 2 is 2.45 bits per heavy atom. The van der Waals surface area contributed by atoms with Gasteiger partial charge in [0.1, 0.15) is 0 Å². The summed E-state index contributed by atoms with van der Waals surface area (Å²) in [5, 5.41) is 6.74. The third-order valence-corrected chi connectivity index (χ3v) is 2.17. The fourth-order valence-electron chi connectivity index (χ4n) is 1.48. The molecule has 0 fully saturated rings. The van der Waals surface area contributed by atoms with Crippen LogP contribution in [-0.4, -0.2) is 9.78 Å². The van der Waals surface area contributed by atoms with E-state index in [9.17, 15) is 0 Å². The zero-order valence-corrected chi connectivity index (χ0v) is 6.91. The molecule has 0 aliphatic heterocycles. The van der Waals surface area contributed by atoms with Gasteiger partial charge in [0.15, 0.2) is 0 Å². The molecule has 2 heteroatoms. The van der Waals surface area contributed by atoms with Gasteiger partial charge in [0.25, 0.3) is 0 Å². The van der Waals surface area contributed by atoms with E-state index in [0.29, 0.717) is 5.92 Å². The molecule has 0 aromatic carbocycles. The number of nitrogens with zero attached hydrogens (tertiary/aromatic N) is 2. The molecule has 1 aliphatic rings. The Balaban J connectivity index is 2.77. The van der Waals surface area contributed by atoms with Crippen LogP contribution in [0, 0.1) is 5.92 Å². The Hall–Kier alpha value is -1.05. The molecule has 2 nitrogen and oxygen atoms in total. The van der Waals surface area contributed by atoms with Crippen molar-refractivity contribution in [2.75, 3.05) is 0 Å². The van der Waals surface area contributed by atoms with Gasteiger partial charge in [-0.05, 0) is 12.3 Å². The number of aromatic nitrogens is 2. The minimum Gasteiger partial charge on any atom is -0.268 e. The lowest BCUT2D eigenvalue weighted by molar-refractivity contribution is 0.722. The summed E-state index contributed by atoms with van der Waals surface area (Å²) in [6.45, 7) is 2.23. The van der Waals surface area contributed by atoms with Crippen LogP contribution in [0.4, 0.5) is 0 Å². The van der Waals surface area contributed by atoms with Gasteiger partial charge in [0, 0.05) is 12.3 Å². The molecule has 0 saturated carbocycles. The van der Waals surface area contributed by atoms with Crippen molar-refractivity contribution in [1.29, 1.82) is 0 Å². The van der Waals surface area contributed by atoms with Crippen LogP contribution in [-0.2, 0) is 7.05 Å². The molecule has 2 rings (SSSR count). The molecule has 58 valence electrons. The second kappa shape index (κ2) is 2.22. The third-order valence-electron chi connectivity index (χ3n) is 2.17. The van der Waals surface area contributed by atoms with E-state index in [-0.39, 0.29) is 0 Å². The zero-order chi connectivity index (χ0) is 7.84. The molecular weight excluding hydrogens is 136 g/mol. The first kappa shape index (κ1) is 6.65.